The van der Waals surface area contributed by atoms with E-state index in [0.717, 1.165) is 5.56 Å². The highest BCUT2D eigenvalue weighted by atomic mass is 16.5. The predicted molar refractivity (Wildman–Crippen MR) is 117 cm³/mol. The lowest BCUT2D eigenvalue weighted by atomic mass is 9.89. The van der Waals surface area contributed by atoms with Gasteiger partial charge in [-0.15, -0.1) is 0 Å². The zero-order valence-electron chi connectivity index (χ0n) is 17.8. The summed E-state index contributed by atoms with van der Waals surface area (Å²) in [5.74, 6) is 5.65. The third kappa shape index (κ3) is 6.18. The Balaban J connectivity index is 2.07. The summed E-state index contributed by atoms with van der Waals surface area (Å²) in [6, 6.07) is 16.0. The fourth-order valence-corrected chi connectivity index (χ4v) is 2.94. The van der Waals surface area contributed by atoms with Gasteiger partial charge in [-0.2, -0.15) is 0 Å². The Morgan fingerprint density at radius 3 is 2.17 bits per heavy atom. The van der Waals surface area contributed by atoms with Crippen LogP contribution in [-0.4, -0.2) is 28.6 Å². The molecule has 2 aromatic carbocycles. The summed E-state index contributed by atoms with van der Waals surface area (Å²) in [7, 11) is 0. The first-order chi connectivity index (χ1) is 14.1. The molecule has 0 aromatic heterocycles. The summed E-state index contributed by atoms with van der Waals surface area (Å²) < 4.78 is 0. The molecular weight excluding hydrogens is 378 g/mol. The zero-order valence-corrected chi connectivity index (χ0v) is 17.8. The first kappa shape index (κ1) is 23.1. The fraction of sp³-hybridized carbons (Fsp3) is 0.333. The first-order valence-electron chi connectivity index (χ1n) is 9.83. The van der Waals surface area contributed by atoms with E-state index in [1.54, 1.807) is 38.1 Å². The number of carbonyl (C=O) groups is 2. The number of nitrogens with two attached hydrogens (primary N) is 1. The summed E-state index contributed by atoms with van der Waals surface area (Å²) in [6.45, 7) is 7.42. The maximum Gasteiger partial charge on any atom is 0.267 e. The quantitative estimate of drug-likeness (QED) is 0.336. The van der Waals surface area contributed by atoms with Crippen LogP contribution in [0, 0.1) is 17.8 Å². The zero-order chi connectivity index (χ0) is 22.3. The van der Waals surface area contributed by atoms with Crippen LogP contribution < -0.4 is 16.5 Å². The maximum absolute atomic E-state index is 12.5. The molecule has 0 saturated carbocycles. The van der Waals surface area contributed by atoms with Gasteiger partial charge in [0.2, 0.25) is 0 Å². The van der Waals surface area contributed by atoms with Crippen molar-refractivity contribution in [1.29, 1.82) is 0 Å². The molecule has 6 nitrogen and oxygen atoms in total. The van der Waals surface area contributed by atoms with Gasteiger partial charge in [0.15, 0.2) is 0 Å². The predicted octanol–water partition coefficient (Wildman–Crippen LogP) is 2.82. The second-order valence-corrected chi connectivity index (χ2v) is 8.04. The van der Waals surface area contributed by atoms with Crippen molar-refractivity contribution in [3.63, 3.8) is 0 Å². The Kier molecular flexibility index (Phi) is 7.76. The normalized spacial score (nSPS) is 13.9. The lowest BCUT2D eigenvalue weighted by Gasteiger charge is -2.29. The largest absolute Gasteiger partial charge is 0.338 e. The fourth-order valence-electron chi connectivity index (χ4n) is 2.94. The molecule has 2 aromatic rings. The molecule has 158 valence electrons. The van der Waals surface area contributed by atoms with E-state index in [9.17, 15) is 9.59 Å². The van der Waals surface area contributed by atoms with E-state index in [1.807, 2.05) is 18.2 Å². The van der Waals surface area contributed by atoms with E-state index < -0.39 is 23.4 Å². The second kappa shape index (κ2) is 10.1. The van der Waals surface area contributed by atoms with Crippen LogP contribution in [0.5, 0.6) is 0 Å². The van der Waals surface area contributed by atoms with Crippen molar-refractivity contribution in [2.45, 2.75) is 45.2 Å². The molecular formula is C24H29N3O3. The van der Waals surface area contributed by atoms with Crippen molar-refractivity contribution in [3.8, 4) is 11.8 Å². The van der Waals surface area contributed by atoms with Gasteiger partial charge in [0, 0.05) is 22.6 Å². The van der Waals surface area contributed by atoms with Gasteiger partial charge in [0.25, 0.3) is 11.8 Å². The van der Waals surface area contributed by atoms with E-state index in [2.05, 4.69) is 43.1 Å². The van der Waals surface area contributed by atoms with Crippen molar-refractivity contribution < 1.29 is 14.8 Å². The van der Waals surface area contributed by atoms with E-state index in [0.29, 0.717) is 11.5 Å². The summed E-state index contributed by atoms with van der Waals surface area (Å²) in [5.41, 5.74) is 8.82. The molecule has 30 heavy (non-hydrogen) atoms. The highest BCUT2D eigenvalue weighted by molar-refractivity contribution is 5.97. The number of hydroxylamine groups is 1. The topological polar surface area (TPSA) is 104 Å². The molecule has 0 heterocycles. The minimum atomic E-state index is -1.09. The average molecular weight is 408 g/mol. The standard InChI is InChI=1S/C24H29N3O3/c1-16(17(2)19-8-6-5-7-9-19)10-11-18-12-14-20(15-13-18)22(28)26-21(23(29)27-30)24(3,4)25/h5-9,12-17,21,30H,25H2,1-4H3,(H,26,28)(H,27,29)/t16?,17?,21-/m1/s1. The van der Waals surface area contributed by atoms with Gasteiger partial charge in [-0.3, -0.25) is 14.8 Å². The van der Waals surface area contributed by atoms with Gasteiger partial charge >= 0.3 is 0 Å². The monoisotopic (exact) mass is 407 g/mol. The van der Waals surface area contributed by atoms with Crippen LogP contribution in [0.2, 0.25) is 0 Å². The molecule has 6 heteroatoms. The molecule has 5 N–H and O–H groups in total. The number of amides is 2. The van der Waals surface area contributed by atoms with Crippen LogP contribution in [0.1, 0.15) is 55.1 Å². The molecule has 2 amide bonds. The second-order valence-electron chi connectivity index (χ2n) is 8.04. The highest BCUT2D eigenvalue weighted by Gasteiger charge is 2.33. The third-order valence-electron chi connectivity index (χ3n) is 5.06. The maximum atomic E-state index is 12.5. The van der Waals surface area contributed by atoms with Gasteiger partial charge in [-0.05, 0) is 49.6 Å². The Hall–Kier alpha value is -3.14. The van der Waals surface area contributed by atoms with E-state index >= 15 is 0 Å². The molecule has 0 saturated heterocycles. The van der Waals surface area contributed by atoms with Gasteiger partial charge in [-0.25, -0.2) is 5.48 Å². The molecule has 3 atom stereocenters. The number of benzene rings is 2. The van der Waals surface area contributed by atoms with Crippen LogP contribution in [0.15, 0.2) is 54.6 Å². The van der Waals surface area contributed by atoms with Crippen molar-refractivity contribution in [1.82, 2.24) is 10.8 Å². The van der Waals surface area contributed by atoms with Crippen LogP contribution in [0.3, 0.4) is 0 Å². The summed E-state index contributed by atoms with van der Waals surface area (Å²) >= 11 is 0. The number of carbonyl (C=O) groups excluding carboxylic acids is 2. The molecule has 0 aliphatic rings. The van der Waals surface area contributed by atoms with Gasteiger partial charge in [0.1, 0.15) is 6.04 Å². The first-order valence-corrected chi connectivity index (χ1v) is 9.83. The Labute approximate surface area is 177 Å². The number of nitrogens with one attached hydrogen (secondary N) is 2. The van der Waals surface area contributed by atoms with E-state index in [4.69, 9.17) is 10.9 Å². The number of hydrogen-bond donors (Lipinski definition) is 4. The SMILES string of the molecule is CC(C#Cc1ccc(C(=O)N[C@H](C(=O)NO)C(C)(C)N)cc1)C(C)c1ccccc1. The molecule has 0 bridgehead atoms. The minimum absolute atomic E-state index is 0.167. The van der Waals surface area contributed by atoms with Crippen LogP contribution in [-0.2, 0) is 4.79 Å². The van der Waals surface area contributed by atoms with Crippen molar-refractivity contribution >= 4 is 11.8 Å². The minimum Gasteiger partial charge on any atom is -0.338 e. The van der Waals surface area contributed by atoms with Crippen LogP contribution >= 0.6 is 0 Å². The van der Waals surface area contributed by atoms with Crippen LogP contribution in [0.4, 0.5) is 0 Å². The lowest BCUT2D eigenvalue weighted by molar-refractivity contribution is -0.132. The lowest BCUT2D eigenvalue weighted by Crippen LogP contribution is -2.61. The van der Waals surface area contributed by atoms with E-state index in [-0.39, 0.29) is 5.92 Å². The molecule has 0 radical (unpaired) electrons. The summed E-state index contributed by atoms with van der Waals surface area (Å²) in [5, 5.41) is 11.4. The van der Waals surface area contributed by atoms with Gasteiger partial charge in [-0.1, -0.05) is 56.0 Å². The van der Waals surface area contributed by atoms with Crippen molar-refractivity contribution in [2.75, 3.05) is 0 Å². The van der Waals surface area contributed by atoms with Gasteiger partial charge < -0.3 is 11.1 Å². The molecule has 2 unspecified atom stereocenters. The smallest absolute Gasteiger partial charge is 0.267 e. The summed E-state index contributed by atoms with van der Waals surface area (Å²) in [4.78, 5) is 24.3. The Morgan fingerprint density at radius 2 is 1.63 bits per heavy atom. The van der Waals surface area contributed by atoms with Crippen molar-refractivity contribution in [2.24, 2.45) is 11.7 Å². The summed E-state index contributed by atoms with van der Waals surface area (Å²) in [6.07, 6.45) is 0. The number of hydrogen-bond acceptors (Lipinski definition) is 4. The van der Waals surface area contributed by atoms with Gasteiger partial charge in [0.05, 0.1) is 0 Å². The molecule has 0 aliphatic carbocycles. The van der Waals surface area contributed by atoms with Crippen LogP contribution in [0.25, 0.3) is 0 Å². The third-order valence-corrected chi connectivity index (χ3v) is 5.06. The van der Waals surface area contributed by atoms with E-state index in [1.165, 1.54) is 11.0 Å². The molecule has 0 spiro atoms. The molecule has 0 fully saturated rings. The molecule has 2 rings (SSSR count). The average Bonchev–Trinajstić information content (AvgIpc) is 2.74. The molecule has 0 aliphatic heterocycles. The van der Waals surface area contributed by atoms with Crippen molar-refractivity contribution in [3.05, 3.63) is 71.3 Å². The Bertz CT molecular complexity index is 922. The highest BCUT2D eigenvalue weighted by Crippen LogP contribution is 2.23. The Morgan fingerprint density at radius 1 is 1.03 bits per heavy atom. The number of rotatable bonds is 6.